The van der Waals surface area contributed by atoms with E-state index in [1.54, 1.807) is 0 Å². The number of hydrogen-bond acceptors (Lipinski definition) is 20. The fourth-order valence-electron chi connectivity index (χ4n) is 8.23. The van der Waals surface area contributed by atoms with Gasteiger partial charge in [0.15, 0.2) is 12.1 Å². The van der Waals surface area contributed by atoms with E-state index >= 15 is 0 Å². The molecule has 21 N–H and O–H groups in total. The average molecular weight is 1210 g/mol. The summed E-state index contributed by atoms with van der Waals surface area (Å²) in [4.78, 5) is 162. The highest BCUT2D eigenvalue weighted by molar-refractivity contribution is 6.18. The van der Waals surface area contributed by atoms with Gasteiger partial charge in [-0.2, -0.15) is 0 Å². The molecule has 83 heavy (non-hydrogen) atoms. The van der Waals surface area contributed by atoms with Crippen molar-refractivity contribution in [3.63, 3.8) is 0 Å². The van der Waals surface area contributed by atoms with E-state index in [9.17, 15) is 88.2 Å². The maximum absolute atomic E-state index is 14.1. The monoisotopic (exact) mass is 1210 g/mol. The molecule has 0 aromatic heterocycles. The van der Waals surface area contributed by atoms with Crippen molar-refractivity contribution in [2.24, 2.45) is 17.2 Å². The number of ether oxygens (including phenoxy) is 1. The number of unbranched alkanes of at least 4 members (excludes halogenated alkanes) is 9. The van der Waals surface area contributed by atoms with Crippen LogP contribution >= 0.6 is 11.6 Å². The number of esters is 1. The second-order valence-corrected chi connectivity index (χ2v) is 20.2. The van der Waals surface area contributed by atoms with Crippen molar-refractivity contribution in [1.82, 2.24) is 47.9 Å². The number of cyclic esters (lactones) is 1. The summed E-state index contributed by atoms with van der Waals surface area (Å²) < 4.78 is 5.27. The number of halogens is 1. The molecule has 9 amide bonds. The van der Waals surface area contributed by atoms with Gasteiger partial charge in [-0.1, -0.05) is 70.8 Å². The minimum atomic E-state index is -2.83. The van der Waals surface area contributed by atoms with Crippen LogP contribution in [0.25, 0.3) is 0 Å². The standard InChI is InChI=1S/C51H87ClN12O19/c1-4-6-7-8-9-10-11-12-13-16-28(66)23-36(68)56-34-26-83-51(82)39(35(67)25-52)63-49(79)40(41(71)50(80)81)64-42(72)29(5-2)57-48(78)38(27(3)65)62-45(75)32(19-22-55)59-43(73)30(17-14-15-20-53)58-46(76)33(24-37(69)70)61-44(74)31(18-21-54)60-47(34)77/h5,27-28,30-35,38-41,65-67,71H,4,6-26,53-55H2,1-3H3,(H,56,68)(H,57,78)(H,58,76)(H,59,73)(H,60,77)(H,61,74)(H,62,75)(H,63,79)(H,64,72)(H,69,70)(H,80,81)/b29-5+/t27-,28-,30+,31-,32+,33-,34+,35+,38-,39+,40-,41-/m1/s1. The molecule has 1 fully saturated rings. The first kappa shape index (κ1) is 74.4. The Hall–Kier alpha value is -6.61. The van der Waals surface area contributed by atoms with Crippen LogP contribution in [0.2, 0.25) is 0 Å². The minimum absolute atomic E-state index is 0.123. The maximum atomic E-state index is 14.1. The zero-order chi connectivity index (χ0) is 62.8. The highest BCUT2D eigenvalue weighted by Crippen LogP contribution is 2.14. The van der Waals surface area contributed by atoms with Crippen molar-refractivity contribution in [3.05, 3.63) is 11.8 Å². The largest absolute Gasteiger partial charge is 0.481 e. The van der Waals surface area contributed by atoms with Crippen molar-refractivity contribution in [2.75, 3.05) is 32.1 Å². The van der Waals surface area contributed by atoms with Crippen molar-refractivity contribution in [1.29, 1.82) is 0 Å². The van der Waals surface area contributed by atoms with Gasteiger partial charge < -0.3 is 100 Å². The predicted octanol–water partition coefficient (Wildman–Crippen LogP) is -5.16. The van der Waals surface area contributed by atoms with Gasteiger partial charge in [0.05, 0.1) is 37.0 Å². The van der Waals surface area contributed by atoms with Crippen LogP contribution in [0, 0.1) is 0 Å². The Bertz CT molecular complexity index is 2190. The first-order valence-electron chi connectivity index (χ1n) is 27.7. The van der Waals surface area contributed by atoms with Gasteiger partial charge in [-0.25, -0.2) is 9.59 Å². The third-order valence-electron chi connectivity index (χ3n) is 13.0. The van der Waals surface area contributed by atoms with Crippen LogP contribution in [-0.2, 0) is 62.3 Å². The number of alkyl halides is 1. The number of aliphatic hydroxyl groups excluding tert-OH is 4. The molecule has 31 nitrogen and oxygen atoms in total. The Labute approximate surface area is 485 Å². The van der Waals surface area contributed by atoms with Crippen molar-refractivity contribution < 1.29 is 92.9 Å². The number of carboxylic acid groups (broad SMARTS) is 2. The fourth-order valence-corrected chi connectivity index (χ4v) is 8.41. The number of rotatable bonds is 28. The number of hydrogen-bond donors (Lipinski definition) is 18. The summed E-state index contributed by atoms with van der Waals surface area (Å²) in [5.41, 5.74) is 16.4. The molecule has 1 heterocycles. The normalized spacial score (nSPS) is 24.5. The zero-order valence-electron chi connectivity index (χ0n) is 47.2. The van der Waals surface area contributed by atoms with E-state index < -0.39 is 181 Å². The van der Waals surface area contributed by atoms with E-state index in [0.717, 1.165) is 64.4 Å². The van der Waals surface area contributed by atoms with Crippen molar-refractivity contribution >= 4 is 82.7 Å². The molecular formula is C51H87ClN12O19. The van der Waals surface area contributed by atoms with Crippen LogP contribution in [0.1, 0.15) is 130 Å². The zero-order valence-corrected chi connectivity index (χ0v) is 47.9. The van der Waals surface area contributed by atoms with Gasteiger partial charge >= 0.3 is 17.9 Å². The van der Waals surface area contributed by atoms with Crippen LogP contribution in [0.4, 0.5) is 0 Å². The number of nitrogens with two attached hydrogens (primary N) is 3. The van der Waals surface area contributed by atoms with Gasteiger partial charge in [-0.15, -0.1) is 11.6 Å². The molecule has 0 unspecified atom stereocenters. The van der Waals surface area contributed by atoms with E-state index in [2.05, 4.69) is 44.1 Å². The van der Waals surface area contributed by atoms with Gasteiger partial charge in [-0.3, -0.25) is 47.9 Å². The SMILES string of the molecule is C/C=C1/NC(=O)[C@@H]([C@@H](C)O)NC(=O)[C@H](CCN)NC(=O)[C@H](CCCCN)NC(=O)[C@@H](CC(=O)O)NC(=O)[C@@H](CCN)NC(=O)[C@@H](NC(=O)C[C@H](O)CCCCCCCCCCC)COC(=O)[C@H]([C@@H](O)CCl)NC(=O)[C@@H]([C@@H](O)C(=O)O)NC1=O. The summed E-state index contributed by atoms with van der Waals surface area (Å²) in [5, 5.41) is 82.1. The van der Waals surface area contributed by atoms with E-state index in [0.29, 0.717) is 12.8 Å². The Morgan fingerprint density at radius 1 is 0.627 bits per heavy atom. The van der Waals surface area contributed by atoms with Crippen LogP contribution in [0.5, 0.6) is 0 Å². The summed E-state index contributed by atoms with van der Waals surface area (Å²) in [6, 6.07) is -15.8. The number of aliphatic hydroxyl groups is 4. The first-order chi connectivity index (χ1) is 39.3. The molecule has 0 aromatic carbocycles. The molecule has 0 saturated carbocycles. The second kappa shape index (κ2) is 40.6. The number of carboxylic acids is 2. The smallest absolute Gasteiger partial charge is 0.335 e. The molecule has 0 aliphatic carbocycles. The molecule has 0 radical (unpaired) electrons. The molecule has 1 saturated heterocycles. The summed E-state index contributed by atoms with van der Waals surface area (Å²) >= 11 is 5.85. The lowest BCUT2D eigenvalue weighted by Crippen LogP contribution is -2.62. The molecule has 1 rings (SSSR count). The lowest BCUT2D eigenvalue weighted by Gasteiger charge is -2.28. The number of allylic oxidation sites excluding steroid dienone is 1. The van der Waals surface area contributed by atoms with E-state index in [1.807, 2.05) is 10.6 Å². The van der Waals surface area contributed by atoms with Gasteiger partial charge in [0.2, 0.25) is 47.3 Å². The van der Waals surface area contributed by atoms with Crippen LogP contribution in [-0.4, -0.2) is 207 Å². The Balaban J connectivity index is 4.01. The molecular weight excluding hydrogens is 1120 g/mol. The Morgan fingerprint density at radius 3 is 1.64 bits per heavy atom. The fraction of sp³-hybridized carbons (Fsp3) is 0.725. The molecule has 0 spiro atoms. The lowest BCUT2D eigenvalue weighted by atomic mass is 10.0. The topological polar surface area (TPSA) is 522 Å². The predicted molar refractivity (Wildman–Crippen MR) is 295 cm³/mol. The quantitative estimate of drug-likeness (QED) is 0.0151. The lowest BCUT2D eigenvalue weighted by molar-refractivity contribution is -0.155. The molecule has 0 aromatic rings. The molecule has 1 aliphatic heterocycles. The molecule has 0 bridgehead atoms. The van der Waals surface area contributed by atoms with Crippen molar-refractivity contribution in [3.8, 4) is 0 Å². The summed E-state index contributed by atoms with van der Waals surface area (Å²) in [5.74, 6) is -17.8. The molecule has 32 heteroatoms. The number of carbonyl (C=O) groups is 12. The third kappa shape index (κ3) is 28.0. The van der Waals surface area contributed by atoms with E-state index in [1.165, 1.54) is 6.92 Å². The van der Waals surface area contributed by atoms with E-state index in [4.69, 9.17) is 33.5 Å². The Morgan fingerprint density at radius 2 is 1.13 bits per heavy atom. The van der Waals surface area contributed by atoms with Gasteiger partial charge in [0.25, 0.3) is 5.91 Å². The highest BCUT2D eigenvalue weighted by Gasteiger charge is 2.41. The summed E-state index contributed by atoms with van der Waals surface area (Å²) in [7, 11) is 0. The van der Waals surface area contributed by atoms with E-state index in [-0.39, 0.29) is 45.3 Å². The van der Waals surface area contributed by atoms with Crippen LogP contribution in [0.3, 0.4) is 0 Å². The third-order valence-corrected chi connectivity index (χ3v) is 13.3. The van der Waals surface area contributed by atoms with Crippen LogP contribution in [0.15, 0.2) is 11.8 Å². The maximum Gasteiger partial charge on any atom is 0.335 e. The number of amides is 9. The minimum Gasteiger partial charge on any atom is -0.481 e. The second-order valence-electron chi connectivity index (χ2n) is 19.9. The van der Waals surface area contributed by atoms with Crippen molar-refractivity contribution in [2.45, 2.75) is 203 Å². The molecule has 12 atom stereocenters. The first-order valence-corrected chi connectivity index (χ1v) is 28.2. The van der Waals surface area contributed by atoms with Gasteiger partial charge in [0.1, 0.15) is 54.6 Å². The molecule has 472 valence electrons. The average Bonchev–Trinajstić information content (AvgIpc) is 3.52. The number of nitrogens with one attached hydrogen (secondary N) is 9. The Kier molecular flexibility index (Phi) is 36.4. The number of aliphatic carboxylic acids is 2. The molecule has 1 aliphatic rings. The van der Waals surface area contributed by atoms with Gasteiger partial charge in [-0.05, 0) is 72.0 Å². The number of carbonyl (C=O) groups excluding carboxylic acids is 10. The van der Waals surface area contributed by atoms with Crippen LogP contribution < -0.4 is 65.1 Å². The highest BCUT2D eigenvalue weighted by atomic mass is 35.5. The summed E-state index contributed by atoms with van der Waals surface area (Å²) in [6.07, 6.45) is -0.358. The summed E-state index contributed by atoms with van der Waals surface area (Å²) in [6.45, 7) is 2.61. The van der Waals surface area contributed by atoms with Gasteiger partial charge in [0, 0.05) is 0 Å².